The molecule has 0 unspecified atom stereocenters. The lowest BCUT2D eigenvalue weighted by Crippen LogP contribution is -2.55. The molecule has 3 aromatic rings. The van der Waals surface area contributed by atoms with E-state index < -0.39 is 86.4 Å². The van der Waals surface area contributed by atoms with Gasteiger partial charge >= 0.3 is 46.9 Å². The van der Waals surface area contributed by atoms with Crippen molar-refractivity contribution >= 4 is 29.8 Å². The summed E-state index contributed by atoms with van der Waals surface area (Å²) in [5.74, 6) is -4.38. The van der Waals surface area contributed by atoms with Crippen LogP contribution in [-0.4, -0.2) is 102 Å². The van der Waals surface area contributed by atoms with Gasteiger partial charge in [0.25, 0.3) is 0 Å². The van der Waals surface area contributed by atoms with E-state index in [-0.39, 0.29) is 60.9 Å². The molecule has 0 aliphatic carbocycles. The number of aliphatic hydroxyl groups is 1. The van der Waals surface area contributed by atoms with Crippen molar-refractivity contribution in [1.82, 2.24) is 13.7 Å². The molecule has 3 rings (SSSR count). The number of aliphatic hydroxyl groups excluding tert-OH is 1. The minimum absolute atomic E-state index is 0.0901. The zero-order valence-electron chi connectivity index (χ0n) is 30.3. The first kappa shape index (κ1) is 43.0. The Morgan fingerprint density at radius 3 is 1.25 bits per heavy atom. The zero-order chi connectivity index (χ0) is 40.5. The maximum Gasteiger partial charge on any atom is 0.339 e. The highest BCUT2D eigenvalue weighted by atomic mass is 16.6. The van der Waals surface area contributed by atoms with Crippen LogP contribution in [0, 0.1) is 0 Å². The number of aromatic nitrogens is 3. The summed E-state index contributed by atoms with van der Waals surface area (Å²) in [6, 6.07) is 11.2. The van der Waals surface area contributed by atoms with Crippen LogP contribution in [0.15, 0.2) is 87.2 Å². The van der Waals surface area contributed by atoms with Crippen molar-refractivity contribution in [3.8, 4) is 0 Å². The summed E-state index contributed by atoms with van der Waals surface area (Å²) in [5, 5.41) is 9.48. The Balaban J connectivity index is 1.68. The van der Waals surface area contributed by atoms with Crippen molar-refractivity contribution in [2.75, 3.05) is 52.9 Å². The van der Waals surface area contributed by atoms with E-state index in [2.05, 4.69) is 13.2 Å². The molecular weight excluding hydrogens is 726 g/mol. The Bertz CT molecular complexity index is 2090. The van der Waals surface area contributed by atoms with E-state index in [0.717, 1.165) is 5.57 Å². The van der Waals surface area contributed by atoms with E-state index in [1.165, 1.54) is 55.5 Å². The lowest BCUT2D eigenvalue weighted by Gasteiger charge is -2.14. The molecule has 0 radical (unpaired) electrons. The highest BCUT2D eigenvalue weighted by Crippen LogP contribution is 2.13. The molecule has 1 N–H and O–H groups in total. The molecule has 18 nitrogen and oxygen atoms in total. The van der Waals surface area contributed by atoms with Gasteiger partial charge in [-0.1, -0.05) is 43.0 Å². The fourth-order valence-electron chi connectivity index (χ4n) is 4.64. The SMILES string of the molecule is C=C(C)COCCOC(=O)c1ccccc1C(=O)OCCn1c(=O)n(CCO)c(=O)n(CCOC(=O)c2ccccc2C(=O)OCCOC(=O)C(=C)C)c1=O. The third-order valence-electron chi connectivity index (χ3n) is 7.25. The number of carbonyl (C=O) groups excluding carboxylic acids is 5. The third-order valence-corrected chi connectivity index (χ3v) is 7.25. The van der Waals surface area contributed by atoms with E-state index in [9.17, 15) is 43.5 Å². The highest BCUT2D eigenvalue weighted by molar-refractivity contribution is 6.03. The Labute approximate surface area is 313 Å². The van der Waals surface area contributed by atoms with Gasteiger partial charge in [-0.15, -0.1) is 0 Å². The molecule has 0 aliphatic heterocycles. The molecule has 0 aliphatic rings. The average Bonchev–Trinajstić information content (AvgIpc) is 3.16. The number of esters is 5. The Morgan fingerprint density at radius 1 is 0.545 bits per heavy atom. The van der Waals surface area contributed by atoms with Gasteiger partial charge in [-0.25, -0.2) is 52.1 Å². The van der Waals surface area contributed by atoms with Crippen LogP contribution in [0.1, 0.15) is 55.3 Å². The number of nitrogens with zero attached hydrogens (tertiary/aromatic N) is 3. The first-order valence-corrected chi connectivity index (χ1v) is 16.7. The fraction of sp³-hybridized carbons (Fsp3) is 0.351. The number of rotatable bonds is 21. The van der Waals surface area contributed by atoms with Crippen molar-refractivity contribution in [2.45, 2.75) is 33.5 Å². The standard InChI is InChI=1S/C37H41N3O15/c1-24(2)23-50-19-20-54-33(45)28-11-7-5-9-26(28)31(43)51-17-14-39-35(47)38(13-16-41)36(48)40(37(39)49)15-18-52-32(44)27-10-6-8-12-29(27)34(46)55-22-21-53-30(42)25(3)4/h5-12,41H,1,3,13-23H2,2,4H3. The molecule has 0 atom stereocenters. The smallest absolute Gasteiger partial charge is 0.339 e. The Hall–Kier alpha value is -6.40. The van der Waals surface area contributed by atoms with Crippen LogP contribution in [0.5, 0.6) is 0 Å². The fourth-order valence-corrected chi connectivity index (χ4v) is 4.64. The molecule has 294 valence electrons. The van der Waals surface area contributed by atoms with Gasteiger partial charge in [0.2, 0.25) is 0 Å². The monoisotopic (exact) mass is 767 g/mol. The van der Waals surface area contributed by atoms with Gasteiger partial charge in [-0.05, 0) is 38.1 Å². The van der Waals surface area contributed by atoms with Crippen LogP contribution in [0.3, 0.4) is 0 Å². The van der Waals surface area contributed by atoms with Gasteiger partial charge in [0.05, 0.1) is 61.7 Å². The molecule has 18 heteroatoms. The van der Waals surface area contributed by atoms with Crippen LogP contribution in [0.2, 0.25) is 0 Å². The molecular formula is C37H41N3O15. The van der Waals surface area contributed by atoms with Crippen molar-refractivity contribution in [3.05, 3.63) is 127 Å². The quantitative estimate of drug-likeness (QED) is 0.0522. The summed E-state index contributed by atoms with van der Waals surface area (Å²) < 4.78 is 32.7. The molecule has 0 amide bonds. The van der Waals surface area contributed by atoms with Gasteiger partial charge < -0.3 is 33.5 Å². The van der Waals surface area contributed by atoms with E-state index >= 15 is 0 Å². The van der Waals surface area contributed by atoms with Crippen molar-refractivity contribution in [2.24, 2.45) is 0 Å². The van der Waals surface area contributed by atoms with Crippen molar-refractivity contribution < 1.29 is 57.5 Å². The van der Waals surface area contributed by atoms with Gasteiger partial charge in [0, 0.05) is 5.57 Å². The first-order valence-electron chi connectivity index (χ1n) is 16.7. The minimum Gasteiger partial charge on any atom is -0.460 e. The largest absolute Gasteiger partial charge is 0.460 e. The number of carbonyl (C=O) groups is 5. The van der Waals surface area contributed by atoms with Crippen molar-refractivity contribution in [3.63, 3.8) is 0 Å². The second kappa shape index (κ2) is 21.3. The lowest BCUT2D eigenvalue weighted by molar-refractivity contribution is -0.140. The first-order chi connectivity index (χ1) is 26.3. The van der Waals surface area contributed by atoms with Crippen LogP contribution in [-0.2, 0) is 52.8 Å². The van der Waals surface area contributed by atoms with Crippen LogP contribution in [0.4, 0.5) is 0 Å². The number of benzene rings is 2. The van der Waals surface area contributed by atoms with Gasteiger partial charge in [-0.3, -0.25) is 0 Å². The molecule has 0 saturated carbocycles. The second-order valence-electron chi connectivity index (χ2n) is 11.6. The molecule has 0 fully saturated rings. The normalized spacial score (nSPS) is 10.6. The highest BCUT2D eigenvalue weighted by Gasteiger charge is 2.22. The van der Waals surface area contributed by atoms with Crippen LogP contribution < -0.4 is 17.1 Å². The molecule has 1 aromatic heterocycles. The second-order valence-corrected chi connectivity index (χ2v) is 11.6. The van der Waals surface area contributed by atoms with Crippen LogP contribution in [0.25, 0.3) is 0 Å². The van der Waals surface area contributed by atoms with Gasteiger partial charge in [0.15, 0.2) is 0 Å². The number of ether oxygens (including phenoxy) is 6. The molecule has 55 heavy (non-hydrogen) atoms. The van der Waals surface area contributed by atoms with E-state index in [1.54, 1.807) is 6.92 Å². The van der Waals surface area contributed by atoms with E-state index in [1.807, 2.05) is 0 Å². The zero-order valence-corrected chi connectivity index (χ0v) is 30.3. The number of hydrogen-bond acceptors (Lipinski definition) is 15. The predicted molar refractivity (Wildman–Crippen MR) is 192 cm³/mol. The minimum atomic E-state index is -1.13. The summed E-state index contributed by atoms with van der Waals surface area (Å²) >= 11 is 0. The summed E-state index contributed by atoms with van der Waals surface area (Å²) in [4.78, 5) is 102. The summed E-state index contributed by atoms with van der Waals surface area (Å²) in [6.07, 6.45) is 0. The molecule has 0 spiro atoms. The molecule has 0 bridgehead atoms. The van der Waals surface area contributed by atoms with Gasteiger partial charge in [0.1, 0.15) is 33.0 Å². The predicted octanol–water partition coefficient (Wildman–Crippen LogP) is 0.904. The Morgan fingerprint density at radius 2 is 0.891 bits per heavy atom. The maximum atomic E-state index is 13.3. The van der Waals surface area contributed by atoms with Crippen LogP contribution >= 0.6 is 0 Å². The summed E-state index contributed by atoms with van der Waals surface area (Å²) in [6.45, 7) is 6.74. The van der Waals surface area contributed by atoms with Gasteiger partial charge in [-0.2, -0.15) is 0 Å². The number of hydrogen-bond donors (Lipinski definition) is 1. The van der Waals surface area contributed by atoms with Crippen molar-refractivity contribution in [1.29, 1.82) is 0 Å². The van der Waals surface area contributed by atoms with E-state index in [0.29, 0.717) is 13.7 Å². The third kappa shape index (κ3) is 12.3. The van der Waals surface area contributed by atoms with E-state index in [4.69, 9.17) is 28.4 Å². The lowest BCUT2D eigenvalue weighted by atomic mass is 10.1. The molecule has 0 saturated heterocycles. The maximum absolute atomic E-state index is 13.3. The average molecular weight is 768 g/mol. The topological polar surface area (TPSA) is 227 Å². The summed E-state index contributed by atoms with van der Waals surface area (Å²) in [5.41, 5.74) is -3.02. The molecule has 2 aromatic carbocycles. The molecule has 1 heterocycles. The summed E-state index contributed by atoms with van der Waals surface area (Å²) in [7, 11) is 0. The Kier molecular flexibility index (Phi) is 16.7.